The van der Waals surface area contributed by atoms with E-state index < -0.39 is 5.79 Å². The third kappa shape index (κ3) is 6.78. The standard InChI is InChI=1S/C30H37N3O5S/c1-22-4-6-24(7-5-22)19-32(13-10-23-8-9-26(35-2)27(18-23)36-3)20-28-31-25(21-39-28)29(34)33-14-11-30(12-15-33)37-16-17-38-30/h4-9,18,21H,10-17,19-20H2,1-3H3. The fourth-order valence-corrected chi connectivity index (χ4v) is 5.97. The van der Waals surface area contributed by atoms with E-state index in [1.165, 1.54) is 16.7 Å². The maximum Gasteiger partial charge on any atom is 0.273 e. The van der Waals surface area contributed by atoms with Gasteiger partial charge in [-0.1, -0.05) is 35.9 Å². The minimum atomic E-state index is -0.492. The number of ether oxygens (including phenoxy) is 4. The number of likely N-dealkylation sites (tertiary alicyclic amines) is 1. The van der Waals surface area contributed by atoms with E-state index in [0.717, 1.165) is 36.0 Å². The first-order chi connectivity index (χ1) is 19.0. The van der Waals surface area contributed by atoms with Crippen LogP contribution < -0.4 is 9.47 Å². The Labute approximate surface area is 234 Å². The van der Waals surface area contributed by atoms with Gasteiger partial charge in [0.25, 0.3) is 5.91 Å². The summed E-state index contributed by atoms with van der Waals surface area (Å²) in [6, 6.07) is 14.7. The van der Waals surface area contributed by atoms with Gasteiger partial charge in [0.1, 0.15) is 10.7 Å². The van der Waals surface area contributed by atoms with Gasteiger partial charge in [-0.3, -0.25) is 9.69 Å². The molecule has 0 saturated carbocycles. The Morgan fingerprint density at radius 1 is 1.00 bits per heavy atom. The number of carbonyl (C=O) groups excluding carboxylic acids is 1. The Morgan fingerprint density at radius 3 is 2.38 bits per heavy atom. The van der Waals surface area contributed by atoms with Gasteiger partial charge in [-0.2, -0.15) is 0 Å². The molecule has 0 aliphatic carbocycles. The van der Waals surface area contributed by atoms with Gasteiger partial charge in [0.2, 0.25) is 0 Å². The third-order valence-electron chi connectivity index (χ3n) is 7.45. The van der Waals surface area contributed by atoms with Crippen LogP contribution in [0.3, 0.4) is 0 Å². The molecule has 39 heavy (non-hydrogen) atoms. The zero-order valence-electron chi connectivity index (χ0n) is 23.0. The van der Waals surface area contributed by atoms with Gasteiger partial charge < -0.3 is 23.8 Å². The van der Waals surface area contributed by atoms with Gasteiger partial charge >= 0.3 is 0 Å². The fourth-order valence-electron chi connectivity index (χ4n) is 5.16. The maximum absolute atomic E-state index is 13.2. The van der Waals surface area contributed by atoms with E-state index >= 15 is 0 Å². The second kappa shape index (κ2) is 12.5. The number of hydrogen-bond acceptors (Lipinski definition) is 8. The molecular weight excluding hydrogens is 514 g/mol. The van der Waals surface area contributed by atoms with Crippen LogP contribution in [0, 0.1) is 6.92 Å². The Balaban J connectivity index is 1.24. The summed E-state index contributed by atoms with van der Waals surface area (Å²) in [5.74, 6) is 0.956. The third-order valence-corrected chi connectivity index (χ3v) is 8.28. The Morgan fingerprint density at radius 2 is 1.69 bits per heavy atom. The predicted molar refractivity (Wildman–Crippen MR) is 150 cm³/mol. The topological polar surface area (TPSA) is 73.4 Å². The van der Waals surface area contributed by atoms with Crippen molar-refractivity contribution >= 4 is 17.2 Å². The number of aryl methyl sites for hydroxylation is 1. The molecule has 2 aromatic carbocycles. The molecule has 0 radical (unpaired) electrons. The van der Waals surface area contributed by atoms with Gasteiger partial charge in [0.05, 0.1) is 34.0 Å². The molecular formula is C30H37N3O5S. The molecule has 1 amide bonds. The maximum atomic E-state index is 13.2. The summed E-state index contributed by atoms with van der Waals surface area (Å²) in [5, 5.41) is 2.83. The molecule has 3 aromatic rings. The van der Waals surface area contributed by atoms with E-state index in [1.807, 2.05) is 22.4 Å². The highest BCUT2D eigenvalue weighted by Gasteiger charge is 2.41. The van der Waals surface area contributed by atoms with Crippen LogP contribution in [0.5, 0.6) is 11.5 Å². The minimum absolute atomic E-state index is 0.0132. The number of amides is 1. The number of benzene rings is 2. The monoisotopic (exact) mass is 551 g/mol. The number of thiazole rings is 1. The highest BCUT2D eigenvalue weighted by molar-refractivity contribution is 7.09. The van der Waals surface area contributed by atoms with Gasteiger partial charge in [-0.15, -0.1) is 11.3 Å². The van der Waals surface area contributed by atoms with Gasteiger partial charge in [0.15, 0.2) is 17.3 Å². The summed E-state index contributed by atoms with van der Waals surface area (Å²) in [7, 11) is 3.30. The number of rotatable bonds is 10. The van der Waals surface area contributed by atoms with Crippen LogP contribution in [-0.4, -0.2) is 73.5 Å². The molecule has 1 spiro atoms. The van der Waals surface area contributed by atoms with E-state index in [1.54, 1.807) is 25.6 Å². The van der Waals surface area contributed by atoms with Crippen LogP contribution in [0.4, 0.5) is 0 Å². The Kier molecular flexibility index (Phi) is 8.82. The predicted octanol–water partition coefficient (Wildman–Crippen LogP) is 4.69. The van der Waals surface area contributed by atoms with Crippen LogP contribution in [0.2, 0.25) is 0 Å². The van der Waals surface area contributed by atoms with Gasteiger partial charge in [-0.25, -0.2) is 4.98 Å². The first-order valence-electron chi connectivity index (χ1n) is 13.5. The molecule has 1 aromatic heterocycles. The lowest BCUT2D eigenvalue weighted by Gasteiger charge is -2.37. The molecule has 0 atom stereocenters. The number of methoxy groups -OCH3 is 2. The van der Waals surface area contributed by atoms with Crippen molar-refractivity contribution in [3.63, 3.8) is 0 Å². The average molecular weight is 552 g/mol. The highest BCUT2D eigenvalue weighted by Crippen LogP contribution is 2.32. The molecule has 2 saturated heterocycles. The van der Waals surface area contributed by atoms with Crippen LogP contribution >= 0.6 is 11.3 Å². The van der Waals surface area contributed by atoms with Crippen molar-refractivity contribution in [3.05, 3.63) is 75.2 Å². The first-order valence-corrected chi connectivity index (χ1v) is 14.4. The van der Waals surface area contributed by atoms with Crippen LogP contribution in [0.25, 0.3) is 0 Å². The normalized spacial score (nSPS) is 16.7. The summed E-state index contributed by atoms with van der Waals surface area (Å²) in [4.78, 5) is 22.2. The Hall–Kier alpha value is -2.98. The smallest absolute Gasteiger partial charge is 0.273 e. The molecule has 5 rings (SSSR count). The van der Waals surface area contributed by atoms with Crippen molar-refractivity contribution in [2.45, 2.75) is 45.1 Å². The molecule has 0 N–H and O–H groups in total. The largest absolute Gasteiger partial charge is 0.493 e. The van der Waals surface area contributed by atoms with E-state index in [-0.39, 0.29) is 5.91 Å². The summed E-state index contributed by atoms with van der Waals surface area (Å²) < 4.78 is 22.5. The van der Waals surface area contributed by atoms with E-state index in [0.29, 0.717) is 51.4 Å². The van der Waals surface area contributed by atoms with Crippen LogP contribution in [0.15, 0.2) is 47.8 Å². The van der Waals surface area contributed by atoms with Crippen molar-refractivity contribution in [2.75, 3.05) is 47.1 Å². The number of piperidine rings is 1. The van der Waals surface area contributed by atoms with E-state index in [2.05, 4.69) is 42.2 Å². The molecule has 2 aliphatic heterocycles. The molecule has 8 nitrogen and oxygen atoms in total. The molecule has 2 aliphatic rings. The molecule has 0 bridgehead atoms. The van der Waals surface area contributed by atoms with Crippen molar-refractivity contribution in [3.8, 4) is 11.5 Å². The number of aromatic nitrogens is 1. The number of nitrogens with zero attached hydrogens (tertiary/aromatic N) is 3. The summed E-state index contributed by atoms with van der Waals surface area (Å²) in [5.41, 5.74) is 4.19. The molecule has 208 valence electrons. The van der Waals surface area contributed by atoms with Crippen molar-refractivity contribution in [1.29, 1.82) is 0 Å². The summed E-state index contributed by atoms with van der Waals surface area (Å²) in [6.07, 6.45) is 2.26. The lowest BCUT2D eigenvalue weighted by atomic mass is 10.0. The van der Waals surface area contributed by atoms with Gasteiger partial charge in [0, 0.05) is 44.4 Å². The SMILES string of the molecule is COc1ccc(CCN(Cc2ccc(C)cc2)Cc2nc(C(=O)N3CCC4(CC3)OCCO4)cs2)cc1OC. The van der Waals surface area contributed by atoms with E-state index in [4.69, 9.17) is 23.9 Å². The molecule has 2 fully saturated rings. The van der Waals surface area contributed by atoms with Crippen molar-refractivity contribution in [2.24, 2.45) is 0 Å². The molecule has 3 heterocycles. The Bertz CT molecular complexity index is 1250. The number of hydrogen-bond donors (Lipinski definition) is 0. The summed E-state index contributed by atoms with van der Waals surface area (Å²) in [6.45, 7) is 6.91. The first kappa shape index (κ1) is 27.6. The zero-order valence-corrected chi connectivity index (χ0v) is 23.8. The zero-order chi connectivity index (χ0) is 27.2. The van der Waals surface area contributed by atoms with Crippen LogP contribution in [0.1, 0.15) is 45.0 Å². The second-order valence-electron chi connectivity index (χ2n) is 10.2. The highest BCUT2D eigenvalue weighted by atomic mass is 32.1. The quantitative estimate of drug-likeness (QED) is 0.362. The van der Waals surface area contributed by atoms with Crippen molar-refractivity contribution in [1.82, 2.24) is 14.8 Å². The lowest BCUT2D eigenvalue weighted by molar-refractivity contribution is -0.181. The molecule has 9 heteroatoms. The fraction of sp³-hybridized carbons (Fsp3) is 0.467. The van der Waals surface area contributed by atoms with Crippen LogP contribution in [-0.2, 0) is 29.0 Å². The van der Waals surface area contributed by atoms with Gasteiger partial charge in [-0.05, 0) is 36.6 Å². The second-order valence-corrected chi connectivity index (χ2v) is 11.1. The summed E-state index contributed by atoms with van der Waals surface area (Å²) >= 11 is 1.55. The van der Waals surface area contributed by atoms with Crippen molar-refractivity contribution < 1.29 is 23.7 Å². The number of carbonyl (C=O) groups is 1. The van der Waals surface area contributed by atoms with E-state index in [9.17, 15) is 4.79 Å². The average Bonchev–Trinajstić information content (AvgIpc) is 3.62. The molecule has 0 unspecified atom stereocenters. The lowest BCUT2D eigenvalue weighted by Crippen LogP contribution is -2.47. The minimum Gasteiger partial charge on any atom is -0.493 e.